The van der Waals surface area contributed by atoms with Gasteiger partial charge in [-0.3, -0.25) is 0 Å². The van der Waals surface area contributed by atoms with Crippen molar-refractivity contribution in [3.8, 4) is 17.2 Å². The topological polar surface area (TPSA) is 61.3 Å². The van der Waals surface area contributed by atoms with Gasteiger partial charge in [0.2, 0.25) is 5.89 Å². The Balaban J connectivity index is 2.12. The van der Waals surface area contributed by atoms with Crippen LogP contribution in [0, 0.1) is 0 Å². The maximum atomic E-state index is 5.58. The molecule has 0 aliphatic rings. The molecule has 0 spiro atoms. The zero-order valence-electron chi connectivity index (χ0n) is 10.7. The smallest absolute Gasteiger partial charge is 0.226 e. The lowest BCUT2D eigenvalue weighted by molar-refractivity contribution is 0.242. The van der Waals surface area contributed by atoms with Gasteiger partial charge in [-0.1, -0.05) is 0 Å². The van der Waals surface area contributed by atoms with Crippen molar-refractivity contribution in [1.82, 2.24) is 4.98 Å². The molecule has 0 aliphatic heterocycles. The third-order valence-corrected chi connectivity index (χ3v) is 2.43. The first-order chi connectivity index (χ1) is 8.69. The van der Waals surface area contributed by atoms with Crippen LogP contribution < -0.4 is 10.5 Å². The highest BCUT2D eigenvalue weighted by molar-refractivity contribution is 5.54. The minimum Gasteiger partial charge on any atom is -0.491 e. The molecule has 18 heavy (non-hydrogen) atoms. The van der Waals surface area contributed by atoms with Gasteiger partial charge in [0, 0.05) is 12.0 Å². The van der Waals surface area contributed by atoms with E-state index in [-0.39, 0.29) is 6.10 Å². The lowest BCUT2D eigenvalue weighted by Gasteiger charge is -2.09. The maximum absolute atomic E-state index is 5.58. The molecular formula is C14H18N2O2. The summed E-state index contributed by atoms with van der Waals surface area (Å²) in [6.07, 6.45) is 2.56. The quantitative estimate of drug-likeness (QED) is 0.881. The van der Waals surface area contributed by atoms with Crippen LogP contribution in [0.25, 0.3) is 11.5 Å². The van der Waals surface area contributed by atoms with E-state index in [0.29, 0.717) is 12.4 Å². The molecule has 0 atom stereocenters. The average Bonchev–Trinajstić information content (AvgIpc) is 2.78. The first-order valence-electron chi connectivity index (χ1n) is 6.10. The molecule has 1 aromatic carbocycles. The zero-order chi connectivity index (χ0) is 13.0. The SMILES string of the molecule is CC(C)Oc1ccc(-c2nc(CCN)co2)cc1. The minimum atomic E-state index is 0.175. The number of hydrogen-bond acceptors (Lipinski definition) is 4. The summed E-state index contributed by atoms with van der Waals surface area (Å²) in [6, 6.07) is 7.72. The standard InChI is InChI=1S/C14H18N2O2/c1-10(2)18-13-5-3-11(4-6-13)14-16-12(7-8-15)9-17-14/h3-6,9-10H,7-8,15H2,1-2H3. The number of rotatable bonds is 5. The Morgan fingerprint density at radius 1 is 1.28 bits per heavy atom. The molecule has 4 heteroatoms. The van der Waals surface area contributed by atoms with E-state index in [1.807, 2.05) is 38.1 Å². The van der Waals surface area contributed by atoms with Gasteiger partial charge < -0.3 is 14.9 Å². The van der Waals surface area contributed by atoms with E-state index in [2.05, 4.69) is 4.98 Å². The number of hydrogen-bond donors (Lipinski definition) is 1. The summed E-state index contributed by atoms with van der Waals surface area (Å²) in [6.45, 7) is 4.58. The second-order valence-corrected chi connectivity index (χ2v) is 4.37. The van der Waals surface area contributed by atoms with Crippen LogP contribution in [-0.4, -0.2) is 17.6 Å². The van der Waals surface area contributed by atoms with Gasteiger partial charge in [-0.15, -0.1) is 0 Å². The van der Waals surface area contributed by atoms with Gasteiger partial charge in [0.15, 0.2) is 0 Å². The molecule has 2 aromatic rings. The van der Waals surface area contributed by atoms with E-state index in [0.717, 1.165) is 23.4 Å². The Morgan fingerprint density at radius 3 is 2.61 bits per heavy atom. The van der Waals surface area contributed by atoms with E-state index in [4.69, 9.17) is 14.9 Å². The third-order valence-electron chi connectivity index (χ3n) is 2.43. The van der Waals surface area contributed by atoms with Gasteiger partial charge >= 0.3 is 0 Å². The van der Waals surface area contributed by atoms with E-state index < -0.39 is 0 Å². The predicted octanol–water partition coefficient (Wildman–Crippen LogP) is 2.63. The molecule has 96 valence electrons. The van der Waals surface area contributed by atoms with Crippen molar-refractivity contribution in [1.29, 1.82) is 0 Å². The van der Waals surface area contributed by atoms with Gasteiger partial charge in [-0.25, -0.2) is 4.98 Å². The van der Waals surface area contributed by atoms with Crippen molar-refractivity contribution in [3.05, 3.63) is 36.2 Å². The second-order valence-electron chi connectivity index (χ2n) is 4.37. The lowest BCUT2D eigenvalue weighted by Crippen LogP contribution is -2.05. The van der Waals surface area contributed by atoms with E-state index in [9.17, 15) is 0 Å². The molecule has 0 radical (unpaired) electrons. The fourth-order valence-corrected chi connectivity index (χ4v) is 1.65. The van der Waals surface area contributed by atoms with Crippen molar-refractivity contribution < 1.29 is 9.15 Å². The molecule has 0 fully saturated rings. The van der Waals surface area contributed by atoms with Gasteiger partial charge in [-0.2, -0.15) is 0 Å². The van der Waals surface area contributed by atoms with Gasteiger partial charge in [0.1, 0.15) is 12.0 Å². The molecule has 2 N–H and O–H groups in total. The Morgan fingerprint density at radius 2 is 2.00 bits per heavy atom. The number of ether oxygens (including phenoxy) is 1. The summed E-state index contributed by atoms with van der Waals surface area (Å²) in [5.41, 5.74) is 7.30. The average molecular weight is 246 g/mol. The highest BCUT2D eigenvalue weighted by Crippen LogP contribution is 2.22. The van der Waals surface area contributed by atoms with Crippen LogP contribution in [0.15, 0.2) is 34.9 Å². The summed E-state index contributed by atoms with van der Waals surface area (Å²) in [4.78, 5) is 4.37. The summed E-state index contributed by atoms with van der Waals surface area (Å²) < 4.78 is 11.0. The Labute approximate surface area is 107 Å². The predicted molar refractivity (Wildman–Crippen MR) is 70.5 cm³/mol. The normalized spacial score (nSPS) is 10.9. The molecule has 0 aliphatic carbocycles. The summed E-state index contributed by atoms with van der Waals surface area (Å²) in [5, 5.41) is 0. The Bertz CT molecular complexity index is 489. The molecule has 1 aromatic heterocycles. The van der Waals surface area contributed by atoms with Crippen molar-refractivity contribution >= 4 is 0 Å². The lowest BCUT2D eigenvalue weighted by atomic mass is 10.2. The van der Waals surface area contributed by atoms with Crippen molar-refractivity contribution in [2.45, 2.75) is 26.4 Å². The molecule has 0 unspecified atom stereocenters. The van der Waals surface area contributed by atoms with E-state index in [1.54, 1.807) is 6.26 Å². The van der Waals surface area contributed by atoms with Gasteiger partial charge in [0.25, 0.3) is 0 Å². The Kier molecular flexibility index (Phi) is 3.99. The van der Waals surface area contributed by atoms with Crippen LogP contribution in [-0.2, 0) is 6.42 Å². The fourth-order valence-electron chi connectivity index (χ4n) is 1.65. The van der Waals surface area contributed by atoms with Crippen LogP contribution in [0.5, 0.6) is 5.75 Å². The molecule has 0 saturated carbocycles. The largest absolute Gasteiger partial charge is 0.491 e. The fraction of sp³-hybridized carbons (Fsp3) is 0.357. The first kappa shape index (κ1) is 12.6. The molecule has 0 amide bonds. The number of benzene rings is 1. The van der Waals surface area contributed by atoms with Crippen LogP contribution in [0.4, 0.5) is 0 Å². The van der Waals surface area contributed by atoms with Crippen LogP contribution in [0.1, 0.15) is 19.5 Å². The maximum Gasteiger partial charge on any atom is 0.226 e. The first-order valence-corrected chi connectivity index (χ1v) is 6.10. The van der Waals surface area contributed by atoms with E-state index >= 15 is 0 Å². The molecule has 0 saturated heterocycles. The minimum absolute atomic E-state index is 0.175. The number of aromatic nitrogens is 1. The zero-order valence-corrected chi connectivity index (χ0v) is 10.7. The monoisotopic (exact) mass is 246 g/mol. The molecule has 1 heterocycles. The summed E-state index contributed by atoms with van der Waals surface area (Å²) in [7, 11) is 0. The number of nitrogens with zero attached hydrogens (tertiary/aromatic N) is 1. The summed E-state index contributed by atoms with van der Waals surface area (Å²) >= 11 is 0. The summed E-state index contributed by atoms with van der Waals surface area (Å²) in [5.74, 6) is 1.47. The van der Waals surface area contributed by atoms with Crippen molar-refractivity contribution in [3.63, 3.8) is 0 Å². The highest BCUT2D eigenvalue weighted by atomic mass is 16.5. The van der Waals surface area contributed by atoms with Crippen LogP contribution >= 0.6 is 0 Å². The van der Waals surface area contributed by atoms with Gasteiger partial charge in [0.05, 0.1) is 11.8 Å². The second kappa shape index (κ2) is 5.69. The van der Waals surface area contributed by atoms with Gasteiger partial charge in [-0.05, 0) is 44.7 Å². The molecule has 0 bridgehead atoms. The van der Waals surface area contributed by atoms with E-state index in [1.165, 1.54) is 0 Å². The third kappa shape index (κ3) is 3.11. The highest BCUT2D eigenvalue weighted by Gasteiger charge is 2.06. The molecule has 2 rings (SSSR count). The number of nitrogens with two attached hydrogens (primary N) is 1. The number of oxazole rings is 1. The molecule has 4 nitrogen and oxygen atoms in total. The van der Waals surface area contributed by atoms with Crippen molar-refractivity contribution in [2.75, 3.05) is 6.54 Å². The molecular weight excluding hydrogens is 228 g/mol. The van der Waals surface area contributed by atoms with Crippen molar-refractivity contribution in [2.24, 2.45) is 5.73 Å². The van der Waals surface area contributed by atoms with Crippen LogP contribution in [0.2, 0.25) is 0 Å². The van der Waals surface area contributed by atoms with Crippen LogP contribution in [0.3, 0.4) is 0 Å². The Hall–Kier alpha value is -1.81.